The quantitative estimate of drug-likeness (QED) is 0.704. The molecule has 0 aromatic heterocycles. The molecule has 0 spiro atoms. The Bertz CT molecular complexity index is 900. The summed E-state index contributed by atoms with van der Waals surface area (Å²) in [6.07, 6.45) is 0.716. The molecule has 1 aliphatic rings. The maximum Gasteiger partial charge on any atom is 0.269 e. The van der Waals surface area contributed by atoms with Gasteiger partial charge in [-0.25, -0.2) is 0 Å². The fraction of sp³-hybridized carbons (Fsp3) is 0.130. The van der Waals surface area contributed by atoms with Crippen LogP contribution in [0, 0.1) is 5.92 Å². The summed E-state index contributed by atoms with van der Waals surface area (Å²) in [5.74, 6) is -0.722. The number of carbonyl (C=O) groups excluding carboxylic acids is 2. The van der Waals surface area contributed by atoms with Gasteiger partial charge in [0.15, 0.2) is 0 Å². The SMILES string of the molecule is O=C(NNC(=O)[C@@H]1CC1(c1ccccc1)c1ccccc1)c1ccccc1. The van der Waals surface area contributed by atoms with Crippen LogP contribution < -0.4 is 10.9 Å². The van der Waals surface area contributed by atoms with Gasteiger partial charge in [-0.05, 0) is 29.7 Å². The summed E-state index contributed by atoms with van der Waals surface area (Å²) >= 11 is 0. The van der Waals surface area contributed by atoms with Crippen LogP contribution in [0.5, 0.6) is 0 Å². The smallest absolute Gasteiger partial charge is 0.269 e. The van der Waals surface area contributed by atoms with Crippen molar-refractivity contribution < 1.29 is 9.59 Å². The van der Waals surface area contributed by atoms with Gasteiger partial charge in [0, 0.05) is 11.0 Å². The molecule has 0 radical (unpaired) electrons. The third-order valence-electron chi connectivity index (χ3n) is 5.19. The van der Waals surface area contributed by atoms with Crippen LogP contribution in [-0.4, -0.2) is 11.8 Å². The third-order valence-corrected chi connectivity index (χ3v) is 5.19. The van der Waals surface area contributed by atoms with Gasteiger partial charge in [0.25, 0.3) is 5.91 Å². The number of amides is 2. The van der Waals surface area contributed by atoms with E-state index in [4.69, 9.17) is 0 Å². The monoisotopic (exact) mass is 356 g/mol. The summed E-state index contributed by atoms with van der Waals surface area (Å²) in [6.45, 7) is 0. The van der Waals surface area contributed by atoms with Gasteiger partial charge in [-0.15, -0.1) is 0 Å². The van der Waals surface area contributed by atoms with Gasteiger partial charge in [-0.3, -0.25) is 20.4 Å². The number of nitrogens with one attached hydrogen (secondary N) is 2. The third kappa shape index (κ3) is 3.22. The summed E-state index contributed by atoms with van der Waals surface area (Å²) in [5.41, 5.74) is 7.52. The Morgan fingerprint density at radius 2 is 1.19 bits per heavy atom. The minimum atomic E-state index is -0.343. The fourth-order valence-electron chi connectivity index (χ4n) is 3.72. The van der Waals surface area contributed by atoms with E-state index in [9.17, 15) is 9.59 Å². The second-order valence-electron chi connectivity index (χ2n) is 6.77. The van der Waals surface area contributed by atoms with Crippen molar-refractivity contribution in [1.82, 2.24) is 10.9 Å². The summed E-state index contributed by atoms with van der Waals surface area (Å²) in [7, 11) is 0. The Balaban J connectivity index is 1.52. The minimum absolute atomic E-state index is 0.174. The Morgan fingerprint density at radius 3 is 1.70 bits per heavy atom. The van der Waals surface area contributed by atoms with E-state index in [-0.39, 0.29) is 23.1 Å². The first-order chi connectivity index (χ1) is 13.2. The molecule has 3 aromatic rings. The first-order valence-corrected chi connectivity index (χ1v) is 8.98. The van der Waals surface area contributed by atoms with Crippen molar-refractivity contribution in [3.63, 3.8) is 0 Å². The van der Waals surface area contributed by atoms with Crippen LogP contribution in [0.25, 0.3) is 0 Å². The first-order valence-electron chi connectivity index (χ1n) is 8.98. The highest BCUT2D eigenvalue weighted by molar-refractivity contribution is 5.96. The van der Waals surface area contributed by atoms with Gasteiger partial charge >= 0.3 is 0 Å². The number of hydrazine groups is 1. The average Bonchev–Trinajstić information content (AvgIpc) is 3.51. The van der Waals surface area contributed by atoms with Gasteiger partial charge in [-0.2, -0.15) is 0 Å². The Morgan fingerprint density at radius 1 is 0.704 bits per heavy atom. The predicted molar refractivity (Wildman–Crippen MR) is 104 cm³/mol. The lowest BCUT2D eigenvalue weighted by atomic mass is 9.85. The van der Waals surface area contributed by atoms with Crippen LogP contribution in [0.2, 0.25) is 0 Å². The van der Waals surface area contributed by atoms with Gasteiger partial charge in [0.2, 0.25) is 5.91 Å². The van der Waals surface area contributed by atoms with E-state index in [1.54, 1.807) is 24.3 Å². The average molecular weight is 356 g/mol. The molecule has 1 saturated carbocycles. The topological polar surface area (TPSA) is 58.2 Å². The van der Waals surface area contributed by atoms with Crippen LogP contribution in [0.3, 0.4) is 0 Å². The molecule has 4 nitrogen and oxygen atoms in total. The second kappa shape index (κ2) is 7.08. The van der Waals surface area contributed by atoms with Crippen molar-refractivity contribution >= 4 is 11.8 Å². The van der Waals surface area contributed by atoms with Crippen molar-refractivity contribution in [2.24, 2.45) is 5.92 Å². The highest BCUT2D eigenvalue weighted by Gasteiger charge is 2.60. The molecule has 0 aliphatic heterocycles. The van der Waals surface area contributed by atoms with Gasteiger partial charge in [-0.1, -0.05) is 78.9 Å². The molecule has 1 aliphatic carbocycles. The molecule has 134 valence electrons. The molecule has 27 heavy (non-hydrogen) atoms. The van der Waals surface area contributed by atoms with Crippen LogP contribution in [0.15, 0.2) is 91.0 Å². The van der Waals surface area contributed by atoms with E-state index in [0.717, 1.165) is 11.1 Å². The summed E-state index contributed by atoms with van der Waals surface area (Å²) < 4.78 is 0. The number of benzene rings is 3. The number of hydrogen-bond acceptors (Lipinski definition) is 2. The Kier molecular flexibility index (Phi) is 4.47. The molecule has 0 heterocycles. The normalized spacial score (nSPS) is 17.0. The zero-order valence-corrected chi connectivity index (χ0v) is 14.8. The molecule has 0 unspecified atom stereocenters. The van der Waals surface area contributed by atoms with Crippen molar-refractivity contribution in [2.75, 3.05) is 0 Å². The zero-order chi connectivity index (χ0) is 18.7. The predicted octanol–water partition coefficient (Wildman–Crippen LogP) is 3.45. The standard InChI is InChI=1S/C23H20N2O2/c26-21(17-10-4-1-5-11-17)24-25-22(27)20-16-23(20,18-12-6-2-7-13-18)19-14-8-3-9-15-19/h1-15,20H,16H2,(H,24,26)(H,25,27)/t20-/m0/s1. The molecule has 0 bridgehead atoms. The highest BCUT2D eigenvalue weighted by Crippen LogP contribution is 2.58. The van der Waals surface area contributed by atoms with Crippen LogP contribution >= 0.6 is 0 Å². The van der Waals surface area contributed by atoms with Crippen LogP contribution in [-0.2, 0) is 10.2 Å². The lowest BCUT2D eigenvalue weighted by molar-refractivity contribution is -0.123. The highest BCUT2D eigenvalue weighted by atomic mass is 16.2. The van der Waals surface area contributed by atoms with E-state index in [0.29, 0.717) is 12.0 Å². The maximum atomic E-state index is 12.8. The van der Waals surface area contributed by atoms with E-state index in [1.807, 2.05) is 42.5 Å². The first kappa shape index (κ1) is 17.0. The van der Waals surface area contributed by atoms with E-state index in [2.05, 4.69) is 35.1 Å². The molecule has 3 aromatic carbocycles. The molecular weight excluding hydrogens is 336 g/mol. The molecule has 4 rings (SSSR count). The molecule has 0 saturated heterocycles. The number of hydrogen-bond donors (Lipinski definition) is 2. The van der Waals surface area contributed by atoms with Gasteiger partial charge < -0.3 is 0 Å². The van der Waals surface area contributed by atoms with Crippen molar-refractivity contribution in [2.45, 2.75) is 11.8 Å². The van der Waals surface area contributed by atoms with E-state index < -0.39 is 0 Å². The minimum Gasteiger partial charge on any atom is -0.273 e. The molecular formula is C23H20N2O2. The van der Waals surface area contributed by atoms with E-state index in [1.165, 1.54) is 0 Å². The molecule has 4 heteroatoms. The molecule has 1 fully saturated rings. The van der Waals surface area contributed by atoms with Crippen LogP contribution in [0.1, 0.15) is 27.9 Å². The molecule has 2 N–H and O–H groups in total. The van der Waals surface area contributed by atoms with Crippen molar-refractivity contribution in [1.29, 1.82) is 0 Å². The zero-order valence-electron chi connectivity index (χ0n) is 14.8. The summed E-state index contributed by atoms with van der Waals surface area (Å²) in [5, 5.41) is 0. The van der Waals surface area contributed by atoms with Crippen molar-refractivity contribution in [3.8, 4) is 0 Å². The van der Waals surface area contributed by atoms with E-state index >= 15 is 0 Å². The number of carbonyl (C=O) groups is 2. The maximum absolute atomic E-state index is 12.8. The summed E-state index contributed by atoms with van der Waals surface area (Å²) in [4.78, 5) is 24.9. The largest absolute Gasteiger partial charge is 0.273 e. The van der Waals surface area contributed by atoms with Gasteiger partial charge in [0.1, 0.15) is 0 Å². The lowest BCUT2D eigenvalue weighted by Crippen LogP contribution is -2.43. The van der Waals surface area contributed by atoms with Gasteiger partial charge in [0.05, 0.1) is 5.92 Å². The second-order valence-corrected chi connectivity index (χ2v) is 6.77. The molecule has 2 amide bonds. The summed E-state index contributed by atoms with van der Waals surface area (Å²) in [6, 6.07) is 29.0. The number of rotatable bonds is 4. The lowest BCUT2D eigenvalue weighted by Gasteiger charge is -2.19. The fourth-order valence-corrected chi connectivity index (χ4v) is 3.72. The van der Waals surface area contributed by atoms with Crippen molar-refractivity contribution in [3.05, 3.63) is 108 Å². The van der Waals surface area contributed by atoms with Crippen LogP contribution in [0.4, 0.5) is 0 Å². The Hall–Kier alpha value is -3.40. The Labute approximate surface area is 158 Å². The molecule has 1 atom stereocenters.